The number of amides is 3. The zero-order chi connectivity index (χ0) is 20.3. The number of carbonyl (C=O) groups is 4. The van der Waals surface area contributed by atoms with Gasteiger partial charge in [0.2, 0.25) is 11.8 Å². The molecule has 0 aromatic heterocycles. The van der Waals surface area contributed by atoms with Crippen LogP contribution in [0.2, 0.25) is 0 Å². The molecule has 2 aliphatic rings. The Hall–Kier alpha value is -2.96. The number of ether oxygens (including phenoxy) is 1. The third kappa shape index (κ3) is 4.13. The van der Waals surface area contributed by atoms with Gasteiger partial charge in [0.15, 0.2) is 6.10 Å². The van der Waals surface area contributed by atoms with Crippen LogP contribution in [0, 0.1) is 11.8 Å². The van der Waals surface area contributed by atoms with Gasteiger partial charge in [-0.2, -0.15) is 0 Å². The molecule has 148 valence electrons. The zero-order valence-electron chi connectivity index (χ0n) is 16.0. The van der Waals surface area contributed by atoms with Crippen molar-refractivity contribution < 1.29 is 23.9 Å². The minimum Gasteiger partial charge on any atom is -0.451 e. The Morgan fingerprint density at radius 2 is 1.68 bits per heavy atom. The molecule has 28 heavy (non-hydrogen) atoms. The minimum atomic E-state index is -1.05. The standard InChI is InChI=1S/C21H24N2O5/c1-3-14-8-10-15(11-9-14)22-19(25)13(2)28-18(24)12-23-20(26)16-6-4-5-7-17(16)21(23)27/h4-5,8-11,13,16-17H,3,6-7,12H2,1-2H3,(H,22,25)/t13-,16-,17-/m0/s1. The summed E-state index contributed by atoms with van der Waals surface area (Å²) in [6.45, 7) is 3.02. The van der Waals surface area contributed by atoms with Gasteiger partial charge < -0.3 is 10.1 Å². The molecular formula is C21H24N2O5. The zero-order valence-corrected chi connectivity index (χ0v) is 16.0. The number of esters is 1. The van der Waals surface area contributed by atoms with Gasteiger partial charge in [-0.25, -0.2) is 0 Å². The molecule has 3 amide bonds. The Balaban J connectivity index is 1.53. The number of carbonyl (C=O) groups excluding carboxylic acids is 4. The molecule has 3 atom stereocenters. The molecule has 1 N–H and O–H groups in total. The highest BCUT2D eigenvalue weighted by atomic mass is 16.5. The topological polar surface area (TPSA) is 92.8 Å². The molecule has 1 aromatic carbocycles. The van der Waals surface area contributed by atoms with Crippen LogP contribution in [0.25, 0.3) is 0 Å². The summed E-state index contributed by atoms with van der Waals surface area (Å²) in [4.78, 5) is 50.1. The van der Waals surface area contributed by atoms with Gasteiger partial charge in [-0.1, -0.05) is 31.2 Å². The molecule has 1 saturated heterocycles. The summed E-state index contributed by atoms with van der Waals surface area (Å²) in [6, 6.07) is 7.38. The normalized spacial score (nSPS) is 22.0. The third-order valence-corrected chi connectivity index (χ3v) is 5.19. The largest absolute Gasteiger partial charge is 0.451 e. The summed E-state index contributed by atoms with van der Waals surface area (Å²) < 4.78 is 5.13. The van der Waals surface area contributed by atoms with Crippen molar-refractivity contribution in [2.45, 2.75) is 39.2 Å². The maximum atomic E-state index is 12.4. The van der Waals surface area contributed by atoms with E-state index in [0.717, 1.165) is 16.9 Å². The fourth-order valence-electron chi connectivity index (χ4n) is 3.51. The number of imide groups is 1. The maximum Gasteiger partial charge on any atom is 0.326 e. The molecule has 0 radical (unpaired) electrons. The Kier molecular flexibility index (Phi) is 5.92. The smallest absolute Gasteiger partial charge is 0.326 e. The van der Waals surface area contributed by atoms with Crippen LogP contribution in [0.5, 0.6) is 0 Å². The van der Waals surface area contributed by atoms with Crippen molar-refractivity contribution in [3.05, 3.63) is 42.0 Å². The first kappa shape index (κ1) is 19.8. The van der Waals surface area contributed by atoms with Crippen molar-refractivity contribution in [3.8, 4) is 0 Å². The maximum absolute atomic E-state index is 12.4. The lowest BCUT2D eigenvalue weighted by Gasteiger charge is -2.17. The average Bonchev–Trinajstić information content (AvgIpc) is 2.93. The van der Waals surface area contributed by atoms with E-state index in [4.69, 9.17) is 4.74 Å². The second kappa shape index (κ2) is 8.37. The Morgan fingerprint density at radius 1 is 1.11 bits per heavy atom. The van der Waals surface area contributed by atoms with Crippen molar-refractivity contribution in [2.24, 2.45) is 11.8 Å². The van der Waals surface area contributed by atoms with Crippen LogP contribution in [0.3, 0.4) is 0 Å². The molecule has 1 aliphatic carbocycles. The number of aryl methyl sites for hydroxylation is 1. The van der Waals surface area contributed by atoms with Crippen molar-refractivity contribution in [1.29, 1.82) is 0 Å². The summed E-state index contributed by atoms with van der Waals surface area (Å²) in [5.41, 5.74) is 1.75. The van der Waals surface area contributed by atoms with Crippen molar-refractivity contribution in [1.82, 2.24) is 4.90 Å². The second-order valence-corrected chi connectivity index (χ2v) is 7.09. The van der Waals surface area contributed by atoms with E-state index in [-0.39, 0.29) is 11.8 Å². The molecule has 1 fully saturated rings. The van der Waals surface area contributed by atoms with Gasteiger partial charge in [-0.05, 0) is 43.9 Å². The van der Waals surface area contributed by atoms with E-state index < -0.39 is 36.4 Å². The predicted octanol–water partition coefficient (Wildman–Crippen LogP) is 2.07. The third-order valence-electron chi connectivity index (χ3n) is 5.19. The van der Waals surface area contributed by atoms with Crippen molar-refractivity contribution >= 4 is 29.4 Å². The first-order valence-electron chi connectivity index (χ1n) is 9.50. The van der Waals surface area contributed by atoms with E-state index in [1.54, 1.807) is 12.1 Å². The summed E-state index contributed by atoms with van der Waals surface area (Å²) in [5.74, 6) is -2.73. The van der Waals surface area contributed by atoms with Gasteiger partial charge in [-0.3, -0.25) is 24.1 Å². The van der Waals surface area contributed by atoms with Gasteiger partial charge in [0.05, 0.1) is 11.8 Å². The van der Waals surface area contributed by atoms with Crippen LogP contribution in [0.15, 0.2) is 36.4 Å². The Morgan fingerprint density at radius 3 is 2.21 bits per heavy atom. The number of nitrogens with zero attached hydrogens (tertiary/aromatic N) is 1. The molecule has 1 aliphatic heterocycles. The number of anilines is 1. The summed E-state index contributed by atoms with van der Waals surface area (Å²) in [5, 5.41) is 2.68. The first-order chi connectivity index (χ1) is 13.4. The number of rotatable bonds is 6. The molecule has 7 nitrogen and oxygen atoms in total. The summed E-state index contributed by atoms with van der Waals surface area (Å²) in [6.07, 6.45) is 4.64. The predicted molar refractivity (Wildman–Crippen MR) is 102 cm³/mol. The van der Waals surface area contributed by atoms with E-state index in [0.29, 0.717) is 18.5 Å². The highest BCUT2D eigenvalue weighted by Gasteiger charge is 2.47. The van der Waals surface area contributed by atoms with Crippen LogP contribution in [-0.2, 0) is 30.3 Å². The van der Waals surface area contributed by atoms with Crippen LogP contribution in [-0.4, -0.2) is 41.2 Å². The average molecular weight is 384 g/mol. The van der Waals surface area contributed by atoms with Gasteiger partial charge in [0, 0.05) is 5.69 Å². The van der Waals surface area contributed by atoms with E-state index in [1.807, 2.05) is 31.2 Å². The Labute approximate surface area is 163 Å². The number of hydrogen-bond donors (Lipinski definition) is 1. The number of allylic oxidation sites excluding steroid dienone is 2. The minimum absolute atomic E-state index is 0.343. The molecule has 3 rings (SSSR count). The van der Waals surface area contributed by atoms with Crippen LogP contribution >= 0.6 is 0 Å². The first-order valence-corrected chi connectivity index (χ1v) is 9.50. The Bertz CT molecular complexity index is 789. The van der Waals surface area contributed by atoms with E-state index >= 15 is 0 Å². The second-order valence-electron chi connectivity index (χ2n) is 7.09. The van der Waals surface area contributed by atoms with Gasteiger partial charge in [0.1, 0.15) is 6.54 Å². The molecule has 0 unspecified atom stereocenters. The monoisotopic (exact) mass is 384 g/mol. The summed E-state index contributed by atoms with van der Waals surface area (Å²) in [7, 11) is 0. The molecule has 1 heterocycles. The van der Waals surface area contributed by atoms with Crippen molar-refractivity contribution in [2.75, 3.05) is 11.9 Å². The fourth-order valence-corrected chi connectivity index (χ4v) is 3.51. The lowest BCUT2D eigenvalue weighted by Crippen LogP contribution is -2.39. The fraction of sp³-hybridized carbons (Fsp3) is 0.429. The van der Waals surface area contributed by atoms with Crippen molar-refractivity contribution in [3.63, 3.8) is 0 Å². The van der Waals surface area contributed by atoms with Gasteiger partial charge in [-0.15, -0.1) is 0 Å². The lowest BCUT2D eigenvalue weighted by atomic mass is 9.85. The quantitative estimate of drug-likeness (QED) is 0.460. The molecule has 1 aromatic rings. The SMILES string of the molecule is CCc1ccc(NC(=O)[C@H](C)OC(=O)CN2C(=O)[C@H]3CC=CC[C@@H]3C2=O)cc1. The number of fused-ring (bicyclic) bond motifs is 1. The molecule has 7 heteroatoms. The molecule has 0 spiro atoms. The highest BCUT2D eigenvalue weighted by molar-refractivity contribution is 6.07. The number of hydrogen-bond acceptors (Lipinski definition) is 5. The van der Waals surface area contributed by atoms with E-state index in [2.05, 4.69) is 5.32 Å². The molecular weight excluding hydrogens is 360 g/mol. The van der Waals surface area contributed by atoms with Gasteiger partial charge in [0.25, 0.3) is 5.91 Å². The molecule has 0 bridgehead atoms. The van der Waals surface area contributed by atoms with Gasteiger partial charge >= 0.3 is 5.97 Å². The lowest BCUT2D eigenvalue weighted by molar-refractivity contribution is -0.158. The highest BCUT2D eigenvalue weighted by Crippen LogP contribution is 2.34. The number of nitrogens with one attached hydrogen (secondary N) is 1. The number of benzene rings is 1. The van der Waals surface area contributed by atoms with E-state index in [9.17, 15) is 19.2 Å². The van der Waals surface area contributed by atoms with E-state index in [1.165, 1.54) is 6.92 Å². The molecule has 0 saturated carbocycles. The number of likely N-dealkylation sites (tertiary alicyclic amines) is 1. The summed E-state index contributed by atoms with van der Waals surface area (Å²) >= 11 is 0. The van der Waals surface area contributed by atoms with Crippen LogP contribution < -0.4 is 5.32 Å². The van der Waals surface area contributed by atoms with Crippen LogP contribution in [0.4, 0.5) is 5.69 Å². The van der Waals surface area contributed by atoms with Crippen LogP contribution in [0.1, 0.15) is 32.3 Å².